The van der Waals surface area contributed by atoms with Crippen LogP contribution in [0.15, 0.2) is 29.4 Å². The molecule has 2 rings (SSSR count). The van der Waals surface area contributed by atoms with Crippen molar-refractivity contribution in [1.29, 1.82) is 0 Å². The third kappa shape index (κ3) is 4.79. The second-order valence-electron chi connectivity index (χ2n) is 4.76. The molecule has 0 saturated carbocycles. The highest BCUT2D eigenvalue weighted by atomic mass is 32.2. The fraction of sp³-hybridized carbons (Fsp3) is 0.333. The van der Waals surface area contributed by atoms with Crippen molar-refractivity contribution in [1.82, 2.24) is 14.8 Å². The van der Waals surface area contributed by atoms with E-state index in [1.807, 2.05) is 0 Å². The molecule has 0 spiro atoms. The summed E-state index contributed by atoms with van der Waals surface area (Å²) in [6.45, 7) is 2.03. The average molecular weight is 352 g/mol. The first-order valence-electron chi connectivity index (χ1n) is 7.22. The van der Waals surface area contributed by atoms with E-state index in [0.717, 1.165) is 11.8 Å². The smallest absolute Gasteiger partial charge is 0.313 e. The van der Waals surface area contributed by atoms with Gasteiger partial charge in [-0.05, 0) is 19.1 Å². The maximum Gasteiger partial charge on any atom is 0.313 e. The zero-order valence-electron chi connectivity index (χ0n) is 13.3. The van der Waals surface area contributed by atoms with Gasteiger partial charge in [0, 0.05) is 7.05 Å². The average Bonchev–Trinajstić information content (AvgIpc) is 2.88. The van der Waals surface area contributed by atoms with Crippen molar-refractivity contribution in [3.8, 4) is 0 Å². The molecule has 0 aliphatic carbocycles. The van der Waals surface area contributed by atoms with Crippen LogP contribution in [0.1, 0.15) is 12.7 Å². The summed E-state index contributed by atoms with van der Waals surface area (Å²) < 4.78 is 20.0. The largest absolute Gasteiger partial charge is 0.466 e. The van der Waals surface area contributed by atoms with Crippen molar-refractivity contribution in [2.24, 2.45) is 7.05 Å². The molecule has 0 fully saturated rings. The summed E-state index contributed by atoms with van der Waals surface area (Å²) in [5, 5.41) is 10.8. The predicted molar refractivity (Wildman–Crippen MR) is 87.1 cm³/mol. The van der Waals surface area contributed by atoms with Crippen molar-refractivity contribution in [3.63, 3.8) is 0 Å². The molecule has 0 radical (unpaired) electrons. The summed E-state index contributed by atoms with van der Waals surface area (Å²) in [7, 11) is 1.70. The zero-order chi connectivity index (χ0) is 17.5. The van der Waals surface area contributed by atoms with Gasteiger partial charge in [-0.3, -0.25) is 9.59 Å². The monoisotopic (exact) mass is 352 g/mol. The van der Waals surface area contributed by atoms with E-state index in [0.29, 0.717) is 17.6 Å². The highest BCUT2D eigenvalue weighted by Crippen LogP contribution is 2.18. The zero-order valence-corrected chi connectivity index (χ0v) is 14.1. The molecule has 1 amide bonds. The lowest BCUT2D eigenvalue weighted by Gasteiger charge is -2.06. The molecular formula is C15H17FN4O3S. The van der Waals surface area contributed by atoms with E-state index in [2.05, 4.69) is 15.5 Å². The van der Waals surface area contributed by atoms with E-state index in [9.17, 15) is 14.0 Å². The molecule has 9 heteroatoms. The molecule has 0 aliphatic heterocycles. The second kappa shape index (κ2) is 8.44. The normalized spacial score (nSPS) is 10.5. The van der Waals surface area contributed by atoms with E-state index >= 15 is 0 Å². The standard InChI is InChI=1S/C15H17FN4O3S/c1-3-23-14(22)8-12-18-19-15(20(12)2)24-9-13(21)17-11-7-5-4-6-10(11)16/h4-7H,3,8-9H2,1-2H3,(H,17,21). The van der Waals surface area contributed by atoms with Crippen LogP contribution in [0.25, 0.3) is 0 Å². The minimum Gasteiger partial charge on any atom is -0.466 e. The molecule has 7 nitrogen and oxygen atoms in total. The molecule has 1 heterocycles. The SMILES string of the molecule is CCOC(=O)Cc1nnc(SCC(=O)Nc2ccccc2F)n1C. The third-order valence-corrected chi connectivity index (χ3v) is 4.03. The lowest BCUT2D eigenvalue weighted by molar-refractivity contribution is -0.142. The van der Waals surface area contributed by atoms with E-state index in [4.69, 9.17) is 4.74 Å². The highest BCUT2D eigenvalue weighted by molar-refractivity contribution is 7.99. The summed E-state index contributed by atoms with van der Waals surface area (Å²) >= 11 is 1.14. The van der Waals surface area contributed by atoms with Crippen LogP contribution in [0.4, 0.5) is 10.1 Å². The molecule has 0 unspecified atom stereocenters. The lowest BCUT2D eigenvalue weighted by atomic mass is 10.3. The van der Waals surface area contributed by atoms with Gasteiger partial charge in [-0.1, -0.05) is 23.9 Å². The number of nitrogens with one attached hydrogen (secondary N) is 1. The fourth-order valence-electron chi connectivity index (χ4n) is 1.84. The molecule has 2 aromatic rings. The Morgan fingerprint density at radius 1 is 1.33 bits per heavy atom. The highest BCUT2D eigenvalue weighted by Gasteiger charge is 2.15. The third-order valence-electron chi connectivity index (χ3n) is 3.01. The van der Waals surface area contributed by atoms with Gasteiger partial charge in [-0.2, -0.15) is 0 Å². The Morgan fingerprint density at radius 2 is 2.08 bits per heavy atom. The number of carbonyl (C=O) groups is 2. The number of aromatic nitrogens is 3. The van der Waals surface area contributed by atoms with Gasteiger partial charge in [0.1, 0.15) is 18.1 Å². The Morgan fingerprint density at radius 3 is 2.79 bits per heavy atom. The number of nitrogens with zero attached hydrogens (tertiary/aromatic N) is 3. The van der Waals surface area contributed by atoms with Crippen LogP contribution in [-0.2, 0) is 27.8 Å². The summed E-state index contributed by atoms with van der Waals surface area (Å²) in [6, 6.07) is 5.94. The van der Waals surface area contributed by atoms with Crippen molar-refractivity contribution in [2.45, 2.75) is 18.5 Å². The van der Waals surface area contributed by atoms with Crippen LogP contribution in [0.3, 0.4) is 0 Å². The van der Waals surface area contributed by atoms with Crippen molar-refractivity contribution in [2.75, 3.05) is 17.7 Å². The number of carbonyl (C=O) groups excluding carboxylic acids is 2. The van der Waals surface area contributed by atoms with Gasteiger partial charge in [0.05, 0.1) is 18.0 Å². The van der Waals surface area contributed by atoms with Gasteiger partial charge in [0.15, 0.2) is 5.16 Å². The van der Waals surface area contributed by atoms with Gasteiger partial charge < -0.3 is 14.6 Å². The molecule has 1 N–H and O–H groups in total. The van der Waals surface area contributed by atoms with Crippen LogP contribution in [0.5, 0.6) is 0 Å². The van der Waals surface area contributed by atoms with Crippen LogP contribution in [0.2, 0.25) is 0 Å². The molecule has 0 atom stereocenters. The van der Waals surface area contributed by atoms with E-state index in [1.165, 1.54) is 12.1 Å². The fourth-order valence-corrected chi connectivity index (χ4v) is 2.57. The number of hydrogen-bond acceptors (Lipinski definition) is 6. The number of amides is 1. The minimum absolute atomic E-state index is 0.0132. The lowest BCUT2D eigenvalue weighted by Crippen LogP contribution is -2.15. The van der Waals surface area contributed by atoms with Gasteiger partial charge >= 0.3 is 5.97 Å². The maximum atomic E-state index is 13.5. The van der Waals surface area contributed by atoms with Crippen LogP contribution >= 0.6 is 11.8 Å². The van der Waals surface area contributed by atoms with E-state index < -0.39 is 5.82 Å². The molecule has 128 valence electrons. The molecule has 0 saturated heterocycles. The molecule has 0 bridgehead atoms. The van der Waals surface area contributed by atoms with Crippen molar-refractivity contribution < 1.29 is 18.7 Å². The van der Waals surface area contributed by atoms with Gasteiger partial charge in [0.2, 0.25) is 5.91 Å². The summed E-state index contributed by atoms with van der Waals surface area (Å²) in [4.78, 5) is 23.4. The first-order chi connectivity index (χ1) is 11.5. The first-order valence-corrected chi connectivity index (χ1v) is 8.21. The first kappa shape index (κ1) is 17.9. The minimum atomic E-state index is -0.494. The molecule has 1 aromatic heterocycles. The molecule has 24 heavy (non-hydrogen) atoms. The number of hydrogen-bond donors (Lipinski definition) is 1. The second-order valence-corrected chi connectivity index (χ2v) is 5.70. The Labute approximate surface area is 142 Å². The summed E-state index contributed by atoms with van der Waals surface area (Å²) in [6.07, 6.45) is 0.0132. The van der Waals surface area contributed by atoms with Gasteiger partial charge in [0.25, 0.3) is 0 Å². The quantitative estimate of drug-likeness (QED) is 0.604. The number of rotatable bonds is 7. The maximum absolute atomic E-state index is 13.5. The molecule has 1 aromatic carbocycles. The molecular weight excluding hydrogens is 335 g/mol. The van der Waals surface area contributed by atoms with Gasteiger partial charge in [-0.15, -0.1) is 10.2 Å². The summed E-state index contributed by atoms with van der Waals surface area (Å²) in [5.41, 5.74) is 0.129. The number of para-hydroxylation sites is 1. The number of ether oxygens (including phenoxy) is 1. The van der Waals surface area contributed by atoms with Crippen molar-refractivity contribution in [3.05, 3.63) is 35.9 Å². The van der Waals surface area contributed by atoms with Crippen molar-refractivity contribution >= 4 is 29.3 Å². The number of esters is 1. The number of thioether (sulfide) groups is 1. The van der Waals surface area contributed by atoms with Crippen LogP contribution in [0, 0.1) is 5.82 Å². The van der Waals surface area contributed by atoms with Crippen LogP contribution in [-0.4, -0.2) is 39.0 Å². The van der Waals surface area contributed by atoms with Gasteiger partial charge in [-0.25, -0.2) is 4.39 Å². The Kier molecular flexibility index (Phi) is 6.30. The summed E-state index contributed by atoms with van der Waals surface area (Å²) in [5.74, 6) is -0.752. The van der Waals surface area contributed by atoms with Crippen LogP contribution < -0.4 is 5.32 Å². The number of halogens is 1. The topological polar surface area (TPSA) is 86.1 Å². The molecule has 0 aliphatic rings. The number of benzene rings is 1. The predicted octanol–water partition coefficient (Wildman–Crippen LogP) is 1.79. The Hall–Kier alpha value is -2.42. The van der Waals surface area contributed by atoms with E-state index in [-0.39, 0.29) is 29.7 Å². The Bertz CT molecular complexity index is 735. The van der Waals surface area contributed by atoms with E-state index in [1.54, 1.807) is 30.7 Å². The Balaban J connectivity index is 1.90. The number of anilines is 1.